The van der Waals surface area contributed by atoms with Crippen LogP contribution in [0.3, 0.4) is 0 Å². The molecular formula is C17H30N4O. The van der Waals surface area contributed by atoms with Crippen molar-refractivity contribution in [2.75, 3.05) is 19.6 Å². The fraction of sp³-hybridized carbons (Fsp3) is 0.765. The summed E-state index contributed by atoms with van der Waals surface area (Å²) in [7, 11) is 0. The van der Waals surface area contributed by atoms with Crippen LogP contribution in [0.25, 0.3) is 0 Å². The Morgan fingerprint density at radius 1 is 1.41 bits per heavy atom. The Morgan fingerprint density at radius 3 is 2.68 bits per heavy atom. The van der Waals surface area contributed by atoms with Crippen LogP contribution < -0.4 is 5.32 Å². The van der Waals surface area contributed by atoms with Crippen LogP contribution >= 0.6 is 0 Å². The Hall–Kier alpha value is -1.36. The average Bonchev–Trinajstić information content (AvgIpc) is 2.90. The van der Waals surface area contributed by atoms with Crippen molar-refractivity contribution in [3.63, 3.8) is 0 Å². The Labute approximate surface area is 134 Å². The van der Waals surface area contributed by atoms with E-state index in [0.717, 1.165) is 43.6 Å². The zero-order chi connectivity index (χ0) is 16.1. The van der Waals surface area contributed by atoms with Crippen LogP contribution in [0.5, 0.6) is 0 Å². The maximum absolute atomic E-state index is 12.5. The van der Waals surface area contributed by atoms with Gasteiger partial charge in [0.05, 0.1) is 11.8 Å². The van der Waals surface area contributed by atoms with E-state index in [9.17, 15) is 4.79 Å². The number of likely N-dealkylation sites (tertiary alicyclic amines) is 1. The molecule has 2 rings (SSSR count). The number of hydrogen-bond donors (Lipinski definition) is 1. The molecule has 0 aliphatic carbocycles. The van der Waals surface area contributed by atoms with E-state index in [-0.39, 0.29) is 5.91 Å². The van der Waals surface area contributed by atoms with E-state index in [2.05, 4.69) is 36.1 Å². The molecule has 0 saturated carbocycles. The van der Waals surface area contributed by atoms with Gasteiger partial charge < -0.3 is 10.2 Å². The van der Waals surface area contributed by atoms with Crippen molar-refractivity contribution in [1.29, 1.82) is 0 Å². The molecule has 1 aromatic heterocycles. The van der Waals surface area contributed by atoms with Crippen LogP contribution in [-0.4, -0.2) is 46.3 Å². The minimum Gasteiger partial charge on any atom is -0.349 e. The summed E-state index contributed by atoms with van der Waals surface area (Å²) >= 11 is 0. The largest absolute Gasteiger partial charge is 0.349 e. The molecule has 0 aromatic carbocycles. The molecule has 0 unspecified atom stereocenters. The smallest absolute Gasteiger partial charge is 0.254 e. The Bertz CT molecular complexity index is 489. The van der Waals surface area contributed by atoms with Crippen molar-refractivity contribution >= 4 is 5.91 Å². The molecule has 0 radical (unpaired) electrons. The van der Waals surface area contributed by atoms with Crippen LogP contribution in [0, 0.1) is 6.92 Å². The molecule has 22 heavy (non-hydrogen) atoms. The standard InChI is InChI=1S/C17H30N4O/c1-5-9-20-10-7-15(8-11-20)19-17(22)16-12-18-21(14(16)4)13(3)6-2/h12-13,15H,5-11H2,1-4H3,(H,19,22)/t13-/m0/s1. The number of hydrogen-bond acceptors (Lipinski definition) is 3. The fourth-order valence-electron chi connectivity index (χ4n) is 3.14. The van der Waals surface area contributed by atoms with Crippen molar-refractivity contribution in [2.24, 2.45) is 0 Å². The molecule has 1 saturated heterocycles. The molecule has 1 atom stereocenters. The summed E-state index contributed by atoms with van der Waals surface area (Å²) in [5, 5.41) is 7.57. The van der Waals surface area contributed by atoms with Gasteiger partial charge in [-0.05, 0) is 46.1 Å². The van der Waals surface area contributed by atoms with Gasteiger partial charge in [-0.1, -0.05) is 13.8 Å². The highest BCUT2D eigenvalue weighted by Crippen LogP contribution is 2.17. The van der Waals surface area contributed by atoms with Gasteiger partial charge in [-0.25, -0.2) is 0 Å². The summed E-state index contributed by atoms with van der Waals surface area (Å²) in [4.78, 5) is 15.0. The van der Waals surface area contributed by atoms with Crippen molar-refractivity contribution in [3.8, 4) is 0 Å². The molecule has 1 fully saturated rings. The summed E-state index contributed by atoms with van der Waals surface area (Å²) in [5.74, 6) is 0.0287. The maximum Gasteiger partial charge on any atom is 0.254 e. The number of piperidine rings is 1. The first-order valence-electron chi connectivity index (χ1n) is 8.64. The zero-order valence-electron chi connectivity index (χ0n) is 14.4. The third-order valence-corrected chi connectivity index (χ3v) is 4.76. The highest BCUT2D eigenvalue weighted by Gasteiger charge is 2.23. The summed E-state index contributed by atoms with van der Waals surface area (Å²) < 4.78 is 1.96. The first-order valence-corrected chi connectivity index (χ1v) is 8.64. The minimum atomic E-state index is 0.0287. The molecule has 124 valence electrons. The third-order valence-electron chi connectivity index (χ3n) is 4.76. The molecule has 1 aliphatic rings. The molecular weight excluding hydrogens is 276 g/mol. The van der Waals surface area contributed by atoms with Gasteiger partial charge in [0, 0.05) is 30.9 Å². The number of amides is 1. The molecule has 1 aromatic rings. The lowest BCUT2D eigenvalue weighted by molar-refractivity contribution is 0.0910. The number of nitrogens with one attached hydrogen (secondary N) is 1. The predicted molar refractivity (Wildman–Crippen MR) is 89.2 cm³/mol. The monoisotopic (exact) mass is 306 g/mol. The van der Waals surface area contributed by atoms with Crippen LogP contribution in [0.4, 0.5) is 0 Å². The number of aromatic nitrogens is 2. The summed E-state index contributed by atoms with van der Waals surface area (Å²) in [6.45, 7) is 11.8. The average molecular weight is 306 g/mol. The van der Waals surface area contributed by atoms with E-state index in [4.69, 9.17) is 0 Å². The number of rotatable bonds is 6. The van der Waals surface area contributed by atoms with E-state index in [1.807, 2.05) is 11.6 Å². The van der Waals surface area contributed by atoms with Gasteiger partial charge in [-0.2, -0.15) is 5.10 Å². The first-order chi connectivity index (χ1) is 10.6. The molecule has 0 bridgehead atoms. The van der Waals surface area contributed by atoms with E-state index < -0.39 is 0 Å². The summed E-state index contributed by atoms with van der Waals surface area (Å²) in [6.07, 6.45) is 6.02. The van der Waals surface area contributed by atoms with E-state index >= 15 is 0 Å². The van der Waals surface area contributed by atoms with Gasteiger partial charge in [-0.15, -0.1) is 0 Å². The normalized spacial score (nSPS) is 18.4. The molecule has 1 aliphatic heterocycles. The van der Waals surface area contributed by atoms with Crippen molar-refractivity contribution in [1.82, 2.24) is 20.0 Å². The SMILES string of the molecule is CCCN1CCC(NC(=O)c2cnn([C@@H](C)CC)c2C)CC1. The second-order valence-corrected chi connectivity index (χ2v) is 6.43. The lowest BCUT2D eigenvalue weighted by atomic mass is 10.0. The second kappa shape index (κ2) is 7.77. The molecule has 1 N–H and O–H groups in total. The molecule has 5 nitrogen and oxygen atoms in total. The second-order valence-electron chi connectivity index (χ2n) is 6.43. The van der Waals surface area contributed by atoms with Gasteiger partial charge in [0.15, 0.2) is 0 Å². The van der Waals surface area contributed by atoms with Gasteiger partial charge in [0.2, 0.25) is 0 Å². The Kier molecular flexibility index (Phi) is 6.00. The van der Waals surface area contributed by atoms with E-state index in [1.165, 1.54) is 13.0 Å². The lowest BCUT2D eigenvalue weighted by Crippen LogP contribution is -2.44. The van der Waals surface area contributed by atoms with Crippen LogP contribution in [0.15, 0.2) is 6.20 Å². The molecule has 2 heterocycles. The van der Waals surface area contributed by atoms with Gasteiger partial charge in [0.1, 0.15) is 0 Å². The zero-order valence-corrected chi connectivity index (χ0v) is 14.4. The topological polar surface area (TPSA) is 50.2 Å². The maximum atomic E-state index is 12.5. The summed E-state index contributed by atoms with van der Waals surface area (Å²) in [5.41, 5.74) is 1.69. The van der Waals surface area contributed by atoms with Crippen LogP contribution in [-0.2, 0) is 0 Å². The van der Waals surface area contributed by atoms with E-state index in [0.29, 0.717) is 12.1 Å². The Balaban J connectivity index is 1.92. The summed E-state index contributed by atoms with van der Waals surface area (Å²) in [6, 6.07) is 0.630. The lowest BCUT2D eigenvalue weighted by Gasteiger charge is -2.32. The quantitative estimate of drug-likeness (QED) is 0.879. The third kappa shape index (κ3) is 3.88. The predicted octanol–water partition coefficient (Wildman–Crippen LogP) is 2.77. The molecule has 0 spiro atoms. The van der Waals surface area contributed by atoms with Gasteiger partial charge in [0.25, 0.3) is 5.91 Å². The highest BCUT2D eigenvalue weighted by molar-refractivity contribution is 5.95. The fourth-order valence-corrected chi connectivity index (χ4v) is 3.14. The van der Waals surface area contributed by atoms with Gasteiger partial charge >= 0.3 is 0 Å². The Morgan fingerprint density at radius 2 is 2.09 bits per heavy atom. The molecule has 1 amide bonds. The minimum absolute atomic E-state index is 0.0287. The van der Waals surface area contributed by atoms with Crippen molar-refractivity contribution < 1.29 is 4.79 Å². The van der Waals surface area contributed by atoms with Crippen LogP contribution in [0.1, 0.15) is 68.5 Å². The van der Waals surface area contributed by atoms with Crippen molar-refractivity contribution in [2.45, 2.75) is 65.5 Å². The number of carbonyl (C=O) groups excluding carboxylic acids is 1. The van der Waals surface area contributed by atoms with Gasteiger partial charge in [-0.3, -0.25) is 9.48 Å². The number of carbonyl (C=O) groups is 1. The van der Waals surface area contributed by atoms with Crippen LogP contribution in [0.2, 0.25) is 0 Å². The molecule has 5 heteroatoms. The van der Waals surface area contributed by atoms with E-state index in [1.54, 1.807) is 6.20 Å². The first kappa shape index (κ1) is 17.0. The number of nitrogens with zero attached hydrogens (tertiary/aromatic N) is 3. The van der Waals surface area contributed by atoms with Crippen molar-refractivity contribution in [3.05, 3.63) is 17.5 Å². The highest BCUT2D eigenvalue weighted by atomic mass is 16.1.